The van der Waals surface area contributed by atoms with Crippen LogP contribution in [0.25, 0.3) is 0 Å². The Morgan fingerprint density at radius 3 is 2.78 bits per heavy atom. The van der Waals surface area contributed by atoms with E-state index in [-0.39, 0.29) is 48.3 Å². The van der Waals surface area contributed by atoms with Gasteiger partial charge < -0.3 is 25.0 Å². The van der Waals surface area contributed by atoms with Gasteiger partial charge in [-0.05, 0) is 74.4 Å². The van der Waals surface area contributed by atoms with E-state index < -0.39 is 17.8 Å². The van der Waals surface area contributed by atoms with E-state index in [1.165, 1.54) is 29.2 Å². The smallest absolute Gasteiger partial charge is 0.410 e. The van der Waals surface area contributed by atoms with E-state index in [1.54, 1.807) is 17.9 Å². The number of fused-ring (bicyclic) bond motifs is 1. The van der Waals surface area contributed by atoms with Gasteiger partial charge in [0, 0.05) is 13.1 Å². The van der Waals surface area contributed by atoms with Gasteiger partial charge in [-0.25, -0.2) is 14.2 Å². The number of carbonyl (C=O) groups excluding carboxylic acids is 2. The lowest BCUT2D eigenvalue weighted by Gasteiger charge is -2.29. The SMILES string of the molecule is CC(CO)N(C=N)C(=N)c1cccc(NC(=O)c2cc3c(cc2F)CCN(C(=O)OC2CCCC2)C3)n1. The number of carbonyl (C=O) groups is 2. The molecule has 11 heteroatoms. The first kappa shape index (κ1) is 26.2. The Kier molecular flexibility index (Phi) is 8.12. The first-order valence-electron chi connectivity index (χ1n) is 12.3. The highest BCUT2D eigenvalue weighted by atomic mass is 19.1. The van der Waals surface area contributed by atoms with Crippen LogP contribution in [0.2, 0.25) is 0 Å². The fraction of sp³-hybridized carbons (Fsp3) is 0.423. The van der Waals surface area contributed by atoms with Crippen molar-refractivity contribution in [2.24, 2.45) is 0 Å². The average Bonchev–Trinajstić information content (AvgIpc) is 3.41. The zero-order chi connectivity index (χ0) is 26.5. The van der Waals surface area contributed by atoms with E-state index in [0.717, 1.165) is 37.6 Å². The fourth-order valence-corrected chi connectivity index (χ4v) is 4.58. The monoisotopic (exact) mass is 510 g/mol. The number of hydrogen-bond acceptors (Lipinski definition) is 7. The number of nitrogens with one attached hydrogen (secondary N) is 3. The van der Waals surface area contributed by atoms with E-state index in [9.17, 15) is 19.1 Å². The topological polar surface area (TPSA) is 143 Å². The molecule has 2 heterocycles. The number of aromatic nitrogens is 1. The van der Waals surface area contributed by atoms with Gasteiger partial charge in [-0.15, -0.1) is 0 Å². The lowest BCUT2D eigenvalue weighted by atomic mass is 9.96. The zero-order valence-electron chi connectivity index (χ0n) is 20.7. The Morgan fingerprint density at radius 1 is 1.32 bits per heavy atom. The second-order valence-corrected chi connectivity index (χ2v) is 9.34. The summed E-state index contributed by atoms with van der Waals surface area (Å²) in [7, 11) is 0. The molecule has 1 atom stereocenters. The number of halogens is 1. The number of amidine groups is 1. The predicted octanol–water partition coefficient (Wildman–Crippen LogP) is 3.53. The number of ether oxygens (including phenoxy) is 1. The molecule has 1 aliphatic carbocycles. The number of benzene rings is 1. The molecule has 1 aromatic heterocycles. The number of hydrogen-bond donors (Lipinski definition) is 4. The Bertz CT molecular complexity index is 1200. The van der Waals surface area contributed by atoms with Crippen molar-refractivity contribution in [3.8, 4) is 0 Å². The minimum absolute atomic E-state index is 0.0499. The molecule has 0 bridgehead atoms. The van der Waals surface area contributed by atoms with Gasteiger partial charge in [0.15, 0.2) is 5.84 Å². The number of pyridine rings is 1. The highest BCUT2D eigenvalue weighted by Gasteiger charge is 2.28. The summed E-state index contributed by atoms with van der Waals surface area (Å²) in [6, 6.07) is 6.91. The predicted molar refractivity (Wildman–Crippen MR) is 135 cm³/mol. The summed E-state index contributed by atoms with van der Waals surface area (Å²) in [5.41, 5.74) is 1.42. The minimum atomic E-state index is -0.713. The number of nitrogens with zero attached hydrogens (tertiary/aromatic N) is 3. The van der Waals surface area contributed by atoms with Crippen LogP contribution < -0.4 is 5.32 Å². The summed E-state index contributed by atoms with van der Waals surface area (Å²) in [4.78, 5) is 32.6. The number of aliphatic hydroxyl groups is 1. The van der Waals surface area contributed by atoms with E-state index >= 15 is 0 Å². The second-order valence-electron chi connectivity index (χ2n) is 9.34. The molecule has 1 aromatic carbocycles. The molecule has 1 saturated carbocycles. The summed E-state index contributed by atoms with van der Waals surface area (Å²) < 4.78 is 20.5. The molecule has 1 fully saturated rings. The van der Waals surface area contributed by atoms with Gasteiger partial charge in [-0.3, -0.25) is 15.6 Å². The Balaban J connectivity index is 1.47. The van der Waals surface area contributed by atoms with Crippen molar-refractivity contribution in [3.63, 3.8) is 0 Å². The molecule has 0 radical (unpaired) electrons. The van der Waals surface area contributed by atoms with Gasteiger partial charge in [0.1, 0.15) is 23.4 Å². The van der Waals surface area contributed by atoms with Crippen molar-refractivity contribution in [2.75, 3.05) is 18.5 Å². The molecule has 2 aliphatic rings. The van der Waals surface area contributed by atoms with Crippen molar-refractivity contribution < 1.29 is 23.8 Å². The van der Waals surface area contributed by atoms with Crippen LogP contribution in [0, 0.1) is 16.6 Å². The number of rotatable bonds is 7. The van der Waals surface area contributed by atoms with Gasteiger partial charge >= 0.3 is 6.09 Å². The van der Waals surface area contributed by atoms with Gasteiger partial charge in [-0.2, -0.15) is 0 Å². The molecule has 196 valence electrons. The third-order valence-corrected chi connectivity index (χ3v) is 6.74. The first-order valence-corrected chi connectivity index (χ1v) is 12.3. The molecule has 10 nitrogen and oxygen atoms in total. The summed E-state index contributed by atoms with van der Waals surface area (Å²) in [5.74, 6) is -1.41. The van der Waals surface area contributed by atoms with Crippen LogP contribution in [-0.4, -0.2) is 69.4 Å². The number of amides is 2. The van der Waals surface area contributed by atoms with Crippen LogP contribution in [0.1, 0.15) is 59.8 Å². The van der Waals surface area contributed by atoms with Crippen LogP contribution in [-0.2, 0) is 17.7 Å². The van der Waals surface area contributed by atoms with E-state index in [0.29, 0.717) is 18.5 Å². The molecule has 2 aromatic rings. The number of aliphatic hydroxyl groups excluding tert-OH is 1. The van der Waals surface area contributed by atoms with Gasteiger partial charge in [0.2, 0.25) is 0 Å². The van der Waals surface area contributed by atoms with Crippen molar-refractivity contribution >= 4 is 30.0 Å². The summed E-state index contributed by atoms with van der Waals surface area (Å²) in [6.45, 7) is 2.05. The fourth-order valence-electron chi connectivity index (χ4n) is 4.58. The van der Waals surface area contributed by atoms with Gasteiger partial charge in [-0.1, -0.05) is 6.07 Å². The van der Waals surface area contributed by atoms with E-state index in [4.69, 9.17) is 15.6 Å². The standard InChI is InChI=1S/C26H31FN6O4/c1-16(14-34)33(15-28)24(29)22-7-4-8-23(30-22)31-25(35)20-11-18-13-32(10-9-17(18)12-21(20)27)26(36)37-19-5-2-3-6-19/h4,7-8,11-12,15-16,19,28-29,34H,2-3,5-6,9-10,13-14H2,1H3,(H,30,31,35). The highest BCUT2D eigenvalue weighted by molar-refractivity contribution is 6.05. The molecule has 4 N–H and O–H groups in total. The molecule has 1 unspecified atom stereocenters. The molecule has 0 saturated heterocycles. The quantitative estimate of drug-likeness (QED) is 0.332. The average molecular weight is 511 g/mol. The first-order chi connectivity index (χ1) is 17.8. The zero-order valence-corrected chi connectivity index (χ0v) is 20.7. The van der Waals surface area contributed by atoms with Crippen molar-refractivity contribution in [2.45, 2.75) is 57.7 Å². The summed E-state index contributed by atoms with van der Waals surface area (Å²) >= 11 is 0. The van der Waals surface area contributed by atoms with Crippen molar-refractivity contribution in [3.05, 3.63) is 58.5 Å². The third-order valence-electron chi connectivity index (χ3n) is 6.74. The molecule has 1 aliphatic heterocycles. The molecule has 2 amide bonds. The van der Waals surface area contributed by atoms with Crippen molar-refractivity contribution in [1.82, 2.24) is 14.8 Å². The van der Waals surface area contributed by atoms with Gasteiger partial charge in [0.25, 0.3) is 5.91 Å². The molecule has 37 heavy (non-hydrogen) atoms. The van der Waals surface area contributed by atoms with Crippen molar-refractivity contribution in [1.29, 1.82) is 10.8 Å². The van der Waals surface area contributed by atoms with E-state index in [2.05, 4.69) is 10.3 Å². The van der Waals surface area contributed by atoms with Crippen LogP contribution in [0.5, 0.6) is 0 Å². The normalized spacial score (nSPS) is 16.0. The third kappa shape index (κ3) is 5.93. The molecular weight excluding hydrogens is 479 g/mol. The Labute approximate surface area is 214 Å². The lowest BCUT2D eigenvalue weighted by Crippen LogP contribution is -2.39. The summed E-state index contributed by atoms with van der Waals surface area (Å²) in [5, 5.41) is 27.8. The minimum Gasteiger partial charge on any atom is -0.446 e. The van der Waals surface area contributed by atoms with E-state index in [1.807, 2.05) is 0 Å². The lowest BCUT2D eigenvalue weighted by molar-refractivity contribution is 0.0618. The second kappa shape index (κ2) is 11.5. The van der Waals surface area contributed by atoms with Crippen LogP contribution in [0.15, 0.2) is 30.3 Å². The molecule has 0 spiro atoms. The summed E-state index contributed by atoms with van der Waals surface area (Å²) in [6.07, 6.45) is 4.82. The Morgan fingerprint density at radius 2 is 2.08 bits per heavy atom. The van der Waals surface area contributed by atoms with Crippen LogP contribution in [0.4, 0.5) is 15.0 Å². The molecular formula is C26H31FN6O4. The van der Waals surface area contributed by atoms with Gasteiger partial charge in [0.05, 0.1) is 24.6 Å². The maximum Gasteiger partial charge on any atom is 0.410 e. The van der Waals surface area contributed by atoms with Crippen LogP contribution >= 0.6 is 0 Å². The maximum absolute atomic E-state index is 14.9. The number of anilines is 1. The molecule has 4 rings (SSSR count). The van der Waals surface area contributed by atoms with Crippen LogP contribution in [0.3, 0.4) is 0 Å². The Hall–Kier alpha value is -3.86. The highest BCUT2D eigenvalue weighted by Crippen LogP contribution is 2.26. The largest absolute Gasteiger partial charge is 0.446 e. The maximum atomic E-state index is 14.9.